The second-order valence-corrected chi connectivity index (χ2v) is 6.77. The number of hydrogen-bond donors (Lipinski definition) is 3. The molecule has 150 valence electrons. The van der Waals surface area contributed by atoms with Gasteiger partial charge in [-0.15, -0.1) is 24.0 Å². The van der Waals surface area contributed by atoms with Gasteiger partial charge in [0.2, 0.25) is 0 Å². The van der Waals surface area contributed by atoms with Gasteiger partial charge in [0.1, 0.15) is 5.60 Å². The Hall–Kier alpha value is -1.61. The van der Waals surface area contributed by atoms with Gasteiger partial charge in [0, 0.05) is 25.3 Å². The monoisotopic (exact) mass is 485 g/mol. The van der Waals surface area contributed by atoms with Crippen molar-refractivity contribution in [1.29, 1.82) is 0 Å². The zero-order valence-corrected chi connectivity index (χ0v) is 19.0. The van der Waals surface area contributed by atoms with Crippen LogP contribution in [0.4, 0.5) is 0 Å². The lowest BCUT2D eigenvalue weighted by Gasteiger charge is -2.22. The standard InChI is InChI=1S/C20H31N5O.HI/c1-5-21-19(22-12-9-13-25-17(3)14-16(2)24-25)23-15-20(4,26)18-10-7-6-8-11-18;/h6-8,10-11,14,26H,5,9,12-13,15H2,1-4H3,(H2,21,22,23);1H. The Morgan fingerprint density at radius 1 is 1.22 bits per heavy atom. The molecule has 1 aromatic heterocycles. The van der Waals surface area contributed by atoms with Gasteiger partial charge in [-0.3, -0.25) is 4.68 Å². The molecule has 0 spiro atoms. The largest absolute Gasteiger partial charge is 0.384 e. The molecule has 0 saturated carbocycles. The highest BCUT2D eigenvalue weighted by molar-refractivity contribution is 14.0. The number of hydrogen-bond acceptors (Lipinski definition) is 3. The molecule has 0 bridgehead atoms. The molecule has 0 amide bonds. The third-order valence-corrected chi connectivity index (χ3v) is 4.23. The number of halogens is 1. The molecule has 0 radical (unpaired) electrons. The molecule has 6 nitrogen and oxygen atoms in total. The number of rotatable bonds is 8. The van der Waals surface area contributed by atoms with E-state index in [2.05, 4.69) is 33.7 Å². The van der Waals surface area contributed by atoms with E-state index < -0.39 is 5.60 Å². The van der Waals surface area contributed by atoms with Gasteiger partial charge < -0.3 is 15.7 Å². The van der Waals surface area contributed by atoms with Crippen molar-refractivity contribution in [1.82, 2.24) is 20.4 Å². The molecule has 0 aliphatic heterocycles. The number of nitrogens with zero attached hydrogens (tertiary/aromatic N) is 3. The van der Waals surface area contributed by atoms with E-state index in [0.29, 0.717) is 6.54 Å². The molecule has 3 N–H and O–H groups in total. The molecule has 1 aromatic carbocycles. The number of aromatic nitrogens is 2. The summed E-state index contributed by atoms with van der Waals surface area (Å²) < 4.78 is 2.03. The van der Waals surface area contributed by atoms with Crippen LogP contribution in [0.2, 0.25) is 0 Å². The van der Waals surface area contributed by atoms with Crippen molar-refractivity contribution >= 4 is 29.9 Å². The Balaban J connectivity index is 0.00000364. The fourth-order valence-corrected chi connectivity index (χ4v) is 2.80. The summed E-state index contributed by atoms with van der Waals surface area (Å²) in [5, 5.41) is 21.7. The van der Waals surface area contributed by atoms with E-state index in [4.69, 9.17) is 0 Å². The first-order valence-corrected chi connectivity index (χ1v) is 9.23. The van der Waals surface area contributed by atoms with Gasteiger partial charge >= 0.3 is 0 Å². The predicted octanol–water partition coefficient (Wildman–Crippen LogP) is 2.97. The minimum atomic E-state index is -0.993. The van der Waals surface area contributed by atoms with E-state index in [1.807, 2.05) is 48.9 Å². The second-order valence-electron chi connectivity index (χ2n) is 6.77. The third-order valence-electron chi connectivity index (χ3n) is 4.23. The minimum absolute atomic E-state index is 0. The molecule has 1 unspecified atom stereocenters. The van der Waals surface area contributed by atoms with Crippen LogP contribution in [-0.4, -0.2) is 40.5 Å². The van der Waals surface area contributed by atoms with E-state index >= 15 is 0 Å². The van der Waals surface area contributed by atoms with Crippen molar-refractivity contribution < 1.29 is 5.11 Å². The van der Waals surface area contributed by atoms with Crippen molar-refractivity contribution in [3.63, 3.8) is 0 Å². The van der Waals surface area contributed by atoms with Crippen molar-refractivity contribution in [3.8, 4) is 0 Å². The highest BCUT2D eigenvalue weighted by atomic mass is 127. The summed E-state index contributed by atoms with van der Waals surface area (Å²) in [5.41, 5.74) is 2.10. The van der Waals surface area contributed by atoms with E-state index in [-0.39, 0.29) is 24.0 Å². The summed E-state index contributed by atoms with van der Waals surface area (Å²) in [6.45, 7) is 10.6. The summed E-state index contributed by atoms with van der Waals surface area (Å²) >= 11 is 0. The molecule has 0 saturated heterocycles. The number of benzene rings is 1. The van der Waals surface area contributed by atoms with Crippen LogP contribution in [0.5, 0.6) is 0 Å². The molecule has 0 aliphatic rings. The van der Waals surface area contributed by atoms with Crippen LogP contribution in [0.25, 0.3) is 0 Å². The maximum atomic E-state index is 10.7. The Labute approximate surface area is 179 Å². The number of nitrogens with one attached hydrogen (secondary N) is 2. The summed E-state index contributed by atoms with van der Waals surface area (Å²) in [4.78, 5) is 4.55. The molecule has 0 fully saturated rings. The van der Waals surface area contributed by atoms with E-state index in [1.165, 1.54) is 5.69 Å². The first-order valence-electron chi connectivity index (χ1n) is 9.23. The number of aliphatic imine (C=N–C) groups is 1. The first kappa shape index (κ1) is 23.4. The van der Waals surface area contributed by atoms with Crippen molar-refractivity contribution in [3.05, 3.63) is 53.3 Å². The Morgan fingerprint density at radius 2 is 1.93 bits per heavy atom. The second kappa shape index (κ2) is 11.3. The van der Waals surface area contributed by atoms with Gasteiger partial charge in [0.25, 0.3) is 0 Å². The lowest BCUT2D eigenvalue weighted by atomic mass is 9.96. The quantitative estimate of drug-likeness (QED) is 0.233. The lowest BCUT2D eigenvalue weighted by molar-refractivity contribution is 0.0672. The molecule has 1 atom stereocenters. The number of aliphatic hydroxyl groups is 1. The highest BCUT2D eigenvalue weighted by Gasteiger charge is 2.22. The molecular weight excluding hydrogens is 453 g/mol. The van der Waals surface area contributed by atoms with Gasteiger partial charge in [0.05, 0.1) is 12.2 Å². The highest BCUT2D eigenvalue weighted by Crippen LogP contribution is 2.20. The first-order chi connectivity index (χ1) is 12.4. The Bertz CT molecular complexity index is 712. The molecule has 0 aliphatic carbocycles. The number of guanidine groups is 1. The fourth-order valence-electron chi connectivity index (χ4n) is 2.80. The van der Waals surface area contributed by atoms with Gasteiger partial charge in [-0.05, 0) is 45.7 Å². The summed E-state index contributed by atoms with van der Waals surface area (Å²) in [6.07, 6.45) is 0.946. The van der Waals surface area contributed by atoms with Crippen LogP contribution in [0.1, 0.15) is 37.2 Å². The van der Waals surface area contributed by atoms with E-state index in [0.717, 1.165) is 43.3 Å². The Morgan fingerprint density at radius 3 is 2.52 bits per heavy atom. The van der Waals surface area contributed by atoms with Gasteiger partial charge in [-0.2, -0.15) is 5.10 Å². The van der Waals surface area contributed by atoms with Crippen molar-refractivity contribution in [2.75, 3.05) is 19.6 Å². The minimum Gasteiger partial charge on any atom is -0.384 e. The van der Waals surface area contributed by atoms with Crippen LogP contribution in [0, 0.1) is 13.8 Å². The van der Waals surface area contributed by atoms with Crippen LogP contribution in [-0.2, 0) is 12.1 Å². The lowest BCUT2D eigenvalue weighted by Crippen LogP contribution is -2.39. The predicted molar refractivity (Wildman–Crippen MR) is 122 cm³/mol. The molecule has 2 rings (SSSR count). The third kappa shape index (κ3) is 7.50. The van der Waals surface area contributed by atoms with Crippen LogP contribution in [0.3, 0.4) is 0 Å². The normalized spacial score (nSPS) is 13.6. The molecule has 2 aromatic rings. The zero-order chi connectivity index (χ0) is 19.0. The fraction of sp³-hybridized carbons (Fsp3) is 0.500. The van der Waals surface area contributed by atoms with Crippen molar-refractivity contribution in [2.45, 2.75) is 46.3 Å². The van der Waals surface area contributed by atoms with Crippen LogP contribution >= 0.6 is 24.0 Å². The SMILES string of the molecule is CCNC(=NCC(C)(O)c1ccccc1)NCCCn1nc(C)cc1C.I. The summed E-state index contributed by atoms with van der Waals surface area (Å²) in [5.74, 6) is 0.720. The maximum absolute atomic E-state index is 10.7. The smallest absolute Gasteiger partial charge is 0.191 e. The molecule has 27 heavy (non-hydrogen) atoms. The topological polar surface area (TPSA) is 74.5 Å². The Kier molecular flexibility index (Phi) is 9.79. The van der Waals surface area contributed by atoms with Crippen LogP contribution in [0.15, 0.2) is 41.4 Å². The summed E-state index contributed by atoms with van der Waals surface area (Å²) in [7, 11) is 0. The number of aryl methyl sites for hydroxylation is 3. The maximum Gasteiger partial charge on any atom is 0.191 e. The zero-order valence-electron chi connectivity index (χ0n) is 16.7. The molecular formula is C20H32IN5O. The molecule has 1 heterocycles. The van der Waals surface area contributed by atoms with Crippen molar-refractivity contribution in [2.24, 2.45) is 4.99 Å². The molecule has 7 heteroatoms. The van der Waals surface area contributed by atoms with E-state index in [9.17, 15) is 5.11 Å². The van der Waals surface area contributed by atoms with Gasteiger partial charge in [0.15, 0.2) is 5.96 Å². The van der Waals surface area contributed by atoms with E-state index in [1.54, 1.807) is 6.92 Å². The average molecular weight is 485 g/mol. The van der Waals surface area contributed by atoms with Crippen LogP contribution < -0.4 is 10.6 Å². The summed E-state index contributed by atoms with van der Waals surface area (Å²) in [6, 6.07) is 11.7. The van der Waals surface area contributed by atoms with Gasteiger partial charge in [-0.25, -0.2) is 4.99 Å². The average Bonchev–Trinajstić information content (AvgIpc) is 2.94. The van der Waals surface area contributed by atoms with Gasteiger partial charge in [-0.1, -0.05) is 30.3 Å².